The minimum Gasteiger partial charge on any atom is -0.455 e. The van der Waals surface area contributed by atoms with Crippen LogP contribution in [0.4, 0.5) is 0 Å². The molecule has 0 spiro atoms. The SMILES string of the molecule is c1ccc(-c2cc(-c3cccc(-c4ccncc4)c3)nc(-c3ccc(-c4ccc5sc6ccccc6c5c4)c4c3oc3ccccc34)n2)cc1. The van der Waals surface area contributed by atoms with E-state index in [9.17, 15) is 0 Å². The first-order chi connectivity index (χ1) is 24.8. The molecule has 0 aliphatic rings. The molecule has 0 aliphatic carbocycles. The van der Waals surface area contributed by atoms with Gasteiger partial charge in [-0.25, -0.2) is 9.97 Å². The van der Waals surface area contributed by atoms with Crippen LogP contribution in [0.25, 0.3) is 98.3 Å². The molecule has 0 radical (unpaired) electrons. The van der Waals surface area contributed by atoms with Gasteiger partial charge in [0.2, 0.25) is 0 Å². The molecule has 0 aliphatic heterocycles. The minimum atomic E-state index is 0.616. The molecule has 5 heteroatoms. The van der Waals surface area contributed by atoms with E-state index < -0.39 is 0 Å². The normalized spacial score (nSPS) is 11.6. The molecule has 4 heterocycles. The Morgan fingerprint density at radius 2 is 1.14 bits per heavy atom. The van der Waals surface area contributed by atoms with E-state index in [0.717, 1.165) is 72.3 Å². The van der Waals surface area contributed by atoms with Crippen molar-refractivity contribution in [3.8, 4) is 56.2 Å². The predicted octanol–water partition coefficient (Wildman–Crippen LogP) is 12.5. The molecule has 0 fully saturated rings. The fourth-order valence-electron chi connectivity index (χ4n) is 7.01. The molecule has 4 aromatic heterocycles. The van der Waals surface area contributed by atoms with Crippen LogP contribution in [0.5, 0.6) is 0 Å². The summed E-state index contributed by atoms with van der Waals surface area (Å²) in [5.41, 5.74) is 10.7. The highest BCUT2D eigenvalue weighted by molar-refractivity contribution is 7.25. The summed E-state index contributed by atoms with van der Waals surface area (Å²) in [6, 6.07) is 52.9. The van der Waals surface area contributed by atoms with Gasteiger partial charge in [-0.3, -0.25) is 4.98 Å². The topological polar surface area (TPSA) is 51.8 Å². The van der Waals surface area contributed by atoms with Crippen molar-refractivity contribution < 1.29 is 4.42 Å². The zero-order valence-electron chi connectivity index (χ0n) is 26.7. The highest BCUT2D eigenvalue weighted by atomic mass is 32.1. The van der Waals surface area contributed by atoms with Crippen molar-refractivity contribution in [1.29, 1.82) is 0 Å². The van der Waals surface area contributed by atoms with Gasteiger partial charge < -0.3 is 4.42 Å². The van der Waals surface area contributed by atoms with Crippen LogP contribution in [-0.2, 0) is 0 Å². The Morgan fingerprint density at radius 3 is 2.02 bits per heavy atom. The van der Waals surface area contributed by atoms with Crippen LogP contribution < -0.4 is 0 Å². The Balaban J connectivity index is 1.20. The second-order valence-electron chi connectivity index (χ2n) is 12.4. The Hall–Kier alpha value is -6.43. The van der Waals surface area contributed by atoms with Gasteiger partial charge >= 0.3 is 0 Å². The van der Waals surface area contributed by atoms with Crippen molar-refractivity contribution in [3.63, 3.8) is 0 Å². The molecule has 0 unspecified atom stereocenters. The largest absolute Gasteiger partial charge is 0.455 e. The first-order valence-electron chi connectivity index (χ1n) is 16.6. The molecular formula is C45H27N3OS. The van der Waals surface area contributed by atoms with Crippen LogP contribution in [0.1, 0.15) is 0 Å². The summed E-state index contributed by atoms with van der Waals surface area (Å²) in [7, 11) is 0. The number of aromatic nitrogens is 3. The highest BCUT2D eigenvalue weighted by Crippen LogP contribution is 2.44. The van der Waals surface area contributed by atoms with Crippen molar-refractivity contribution in [1.82, 2.24) is 15.0 Å². The van der Waals surface area contributed by atoms with E-state index >= 15 is 0 Å². The van der Waals surface area contributed by atoms with Gasteiger partial charge in [0.15, 0.2) is 5.82 Å². The number of rotatable bonds is 5. The lowest BCUT2D eigenvalue weighted by atomic mass is 9.95. The predicted molar refractivity (Wildman–Crippen MR) is 207 cm³/mol. The Morgan fingerprint density at radius 1 is 0.440 bits per heavy atom. The summed E-state index contributed by atoms with van der Waals surface area (Å²) >= 11 is 1.83. The quantitative estimate of drug-likeness (QED) is 0.185. The van der Waals surface area contributed by atoms with Gasteiger partial charge in [-0.1, -0.05) is 97.1 Å². The second-order valence-corrected chi connectivity index (χ2v) is 13.5. The summed E-state index contributed by atoms with van der Waals surface area (Å²) in [5, 5.41) is 4.68. The first-order valence-corrected chi connectivity index (χ1v) is 17.4. The zero-order chi connectivity index (χ0) is 33.0. The number of furan rings is 1. The lowest BCUT2D eigenvalue weighted by Crippen LogP contribution is -1.97. The fraction of sp³-hybridized carbons (Fsp3) is 0. The molecule has 6 aromatic carbocycles. The van der Waals surface area contributed by atoms with E-state index in [-0.39, 0.29) is 0 Å². The molecule has 4 nitrogen and oxygen atoms in total. The number of fused-ring (bicyclic) bond motifs is 6. The summed E-state index contributed by atoms with van der Waals surface area (Å²) in [6.45, 7) is 0. The summed E-state index contributed by atoms with van der Waals surface area (Å²) in [4.78, 5) is 14.6. The van der Waals surface area contributed by atoms with Gasteiger partial charge in [-0.05, 0) is 76.9 Å². The van der Waals surface area contributed by atoms with Crippen LogP contribution in [-0.4, -0.2) is 15.0 Å². The van der Waals surface area contributed by atoms with Gasteiger partial charge in [-0.15, -0.1) is 11.3 Å². The Kier molecular flexibility index (Phi) is 6.64. The number of pyridine rings is 1. The molecule has 10 rings (SSSR count). The Bertz CT molecular complexity index is 2870. The maximum absolute atomic E-state index is 6.73. The van der Waals surface area contributed by atoms with Gasteiger partial charge in [-0.2, -0.15) is 0 Å². The maximum Gasteiger partial charge on any atom is 0.164 e. The van der Waals surface area contributed by atoms with Crippen molar-refractivity contribution in [3.05, 3.63) is 164 Å². The zero-order valence-corrected chi connectivity index (χ0v) is 27.6. The van der Waals surface area contributed by atoms with E-state index in [1.54, 1.807) is 0 Å². The van der Waals surface area contributed by atoms with Gasteiger partial charge in [0.05, 0.1) is 17.0 Å². The molecule has 10 aromatic rings. The number of nitrogens with zero attached hydrogens (tertiary/aromatic N) is 3. The average Bonchev–Trinajstić information content (AvgIpc) is 3.77. The van der Waals surface area contributed by atoms with E-state index in [2.05, 4.69) is 114 Å². The van der Waals surface area contributed by atoms with E-state index in [1.807, 2.05) is 66.2 Å². The van der Waals surface area contributed by atoms with Crippen molar-refractivity contribution in [2.45, 2.75) is 0 Å². The van der Waals surface area contributed by atoms with E-state index in [0.29, 0.717) is 5.82 Å². The van der Waals surface area contributed by atoms with Crippen LogP contribution in [0.3, 0.4) is 0 Å². The van der Waals surface area contributed by atoms with Crippen molar-refractivity contribution in [2.24, 2.45) is 0 Å². The maximum atomic E-state index is 6.73. The lowest BCUT2D eigenvalue weighted by molar-refractivity contribution is 0.669. The molecule has 0 saturated heterocycles. The van der Waals surface area contributed by atoms with Crippen LogP contribution >= 0.6 is 11.3 Å². The molecule has 0 N–H and O–H groups in total. The third-order valence-electron chi connectivity index (χ3n) is 9.42. The summed E-state index contributed by atoms with van der Waals surface area (Å²) in [5.74, 6) is 0.616. The molecule has 0 bridgehead atoms. The van der Waals surface area contributed by atoms with Gasteiger partial charge in [0.25, 0.3) is 0 Å². The summed E-state index contributed by atoms with van der Waals surface area (Å²) in [6.07, 6.45) is 3.64. The van der Waals surface area contributed by atoms with Crippen LogP contribution in [0.15, 0.2) is 168 Å². The molecular weight excluding hydrogens is 631 g/mol. The van der Waals surface area contributed by atoms with Gasteiger partial charge in [0.1, 0.15) is 11.2 Å². The first kappa shape index (κ1) is 28.6. The number of thiophene rings is 1. The van der Waals surface area contributed by atoms with E-state index in [4.69, 9.17) is 14.4 Å². The molecule has 0 amide bonds. The highest BCUT2D eigenvalue weighted by Gasteiger charge is 2.21. The standard InChI is InChI=1S/C45H27N3OS/c1-2-9-29(10-3-1)38-27-39(32-12-8-11-30(25-32)28-21-23-46-24-22-28)48-45(47-38)36-19-18-33(43-35-14-4-6-15-40(35)49-44(36)43)31-17-20-42-37(26-31)34-13-5-7-16-41(34)50-42/h1-27H. The number of hydrogen-bond acceptors (Lipinski definition) is 5. The van der Waals surface area contributed by atoms with Gasteiger partial charge in [0, 0.05) is 54.5 Å². The molecule has 50 heavy (non-hydrogen) atoms. The van der Waals surface area contributed by atoms with Crippen molar-refractivity contribution >= 4 is 53.4 Å². The fourth-order valence-corrected chi connectivity index (χ4v) is 8.10. The lowest BCUT2D eigenvalue weighted by Gasteiger charge is -2.12. The smallest absolute Gasteiger partial charge is 0.164 e. The summed E-state index contributed by atoms with van der Waals surface area (Å²) < 4.78 is 9.31. The third kappa shape index (κ3) is 4.79. The minimum absolute atomic E-state index is 0.616. The van der Waals surface area contributed by atoms with Crippen LogP contribution in [0.2, 0.25) is 0 Å². The molecule has 0 atom stereocenters. The second kappa shape index (κ2) is 11.6. The molecule has 0 saturated carbocycles. The van der Waals surface area contributed by atoms with E-state index in [1.165, 1.54) is 20.2 Å². The number of para-hydroxylation sites is 1. The number of benzene rings is 6. The molecule has 234 valence electrons. The monoisotopic (exact) mass is 657 g/mol. The average molecular weight is 658 g/mol. The number of hydrogen-bond donors (Lipinski definition) is 0. The van der Waals surface area contributed by atoms with Crippen LogP contribution in [0, 0.1) is 0 Å². The Labute approximate surface area is 292 Å². The van der Waals surface area contributed by atoms with Crippen molar-refractivity contribution in [2.75, 3.05) is 0 Å². The third-order valence-corrected chi connectivity index (χ3v) is 10.6.